The first-order valence-corrected chi connectivity index (χ1v) is 12.6. The fourth-order valence-corrected chi connectivity index (χ4v) is 5.10. The molecule has 0 aliphatic rings. The number of hydrogen-bond acceptors (Lipinski definition) is 5. The highest BCUT2D eigenvalue weighted by Crippen LogP contribution is 2.41. The SMILES string of the molecule is CN(C)c1ccc(-n2c(CCCO)nnc2SC(c2ccc(Cl)cc2)c2ccc(Cl)cc2)cc1. The normalized spacial score (nSPS) is 11.2. The lowest BCUT2D eigenvalue weighted by atomic mass is 10.0. The van der Waals surface area contributed by atoms with E-state index in [1.807, 2.05) is 62.6 Å². The predicted octanol–water partition coefficient (Wildman–Crippen LogP) is 6.45. The number of aliphatic hydroxyl groups excluding tert-OH is 1. The van der Waals surface area contributed by atoms with Crippen molar-refractivity contribution in [3.05, 3.63) is 99.8 Å². The lowest BCUT2D eigenvalue weighted by Crippen LogP contribution is -2.09. The van der Waals surface area contributed by atoms with Crippen LogP contribution < -0.4 is 4.90 Å². The van der Waals surface area contributed by atoms with Gasteiger partial charge in [-0.2, -0.15) is 0 Å². The number of rotatable bonds is 9. The first-order valence-electron chi connectivity index (χ1n) is 11.0. The summed E-state index contributed by atoms with van der Waals surface area (Å²) in [5.74, 6) is 0.820. The van der Waals surface area contributed by atoms with Crippen LogP contribution in [-0.4, -0.2) is 40.6 Å². The maximum atomic E-state index is 9.39. The second-order valence-corrected chi connectivity index (χ2v) is 10.0. The quantitative estimate of drug-likeness (QED) is 0.261. The van der Waals surface area contributed by atoms with Crippen molar-refractivity contribution in [2.45, 2.75) is 23.2 Å². The molecule has 0 saturated carbocycles. The first kappa shape index (κ1) is 24.6. The van der Waals surface area contributed by atoms with E-state index < -0.39 is 0 Å². The Labute approximate surface area is 214 Å². The fraction of sp³-hybridized carbons (Fsp3) is 0.231. The van der Waals surface area contributed by atoms with Gasteiger partial charge in [-0.1, -0.05) is 59.2 Å². The van der Waals surface area contributed by atoms with E-state index in [4.69, 9.17) is 23.2 Å². The van der Waals surface area contributed by atoms with Crippen LogP contribution in [0, 0.1) is 0 Å². The minimum atomic E-state index is -0.0378. The van der Waals surface area contributed by atoms with Gasteiger partial charge in [0.1, 0.15) is 5.82 Å². The topological polar surface area (TPSA) is 54.2 Å². The molecule has 4 rings (SSSR count). The maximum Gasteiger partial charge on any atom is 0.196 e. The Morgan fingerprint density at radius 3 is 1.91 bits per heavy atom. The summed E-state index contributed by atoms with van der Waals surface area (Å²) in [6, 6.07) is 24.1. The number of benzene rings is 3. The summed E-state index contributed by atoms with van der Waals surface area (Å²) in [7, 11) is 4.04. The molecule has 34 heavy (non-hydrogen) atoms. The molecule has 0 fully saturated rings. The molecule has 1 N–H and O–H groups in total. The number of aryl methyl sites for hydroxylation is 1. The van der Waals surface area contributed by atoms with Crippen LogP contribution in [0.4, 0.5) is 5.69 Å². The van der Waals surface area contributed by atoms with Crippen molar-refractivity contribution < 1.29 is 5.11 Å². The molecular weight excluding hydrogens is 487 g/mol. The molecule has 0 spiro atoms. The Morgan fingerprint density at radius 1 is 0.853 bits per heavy atom. The number of nitrogens with zero attached hydrogens (tertiary/aromatic N) is 4. The van der Waals surface area contributed by atoms with Gasteiger partial charge < -0.3 is 10.0 Å². The number of thioether (sulfide) groups is 1. The monoisotopic (exact) mass is 512 g/mol. The molecule has 0 radical (unpaired) electrons. The average molecular weight is 513 g/mol. The zero-order valence-corrected chi connectivity index (χ0v) is 21.4. The molecule has 0 saturated heterocycles. The van der Waals surface area contributed by atoms with Crippen LogP contribution in [0.15, 0.2) is 78.0 Å². The summed E-state index contributed by atoms with van der Waals surface area (Å²) in [5.41, 5.74) is 4.30. The minimum Gasteiger partial charge on any atom is -0.396 e. The summed E-state index contributed by atoms with van der Waals surface area (Å²) in [5, 5.41) is 20.6. The number of halogens is 2. The van der Waals surface area contributed by atoms with Gasteiger partial charge in [0.05, 0.1) is 5.25 Å². The van der Waals surface area contributed by atoms with Crippen molar-refractivity contribution in [3.63, 3.8) is 0 Å². The van der Waals surface area contributed by atoms with Gasteiger partial charge in [-0.25, -0.2) is 0 Å². The van der Waals surface area contributed by atoms with Crippen molar-refractivity contribution in [3.8, 4) is 5.69 Å². The molecule has 0 bridgehead atoms. The molecule has 1 heterocycles. The van der Waals surface area contributed by atoms with Gasteiger partial charge in [-0.05, 0) is 66.1 Å². The van der Waals surface area contributed by atoms with Gasteiger partial charge in [0.25, 0.3) is 0 Å². The van der Waals surface area contributed by atoms with Gasteiger partial charge in [0, 0.05) is 48.5 Å². The van der Waals surface area contributed by atoms with E-state index in [0.717, 1.165) is 33.5 Å². The van der Waals surface area contributed by atoms with Gasteiger partial charge in [0.15, 0.2) is 5.16 Å². The third-order valence-electron chi connectivity index (χ3n) is 5.45. The molecular formula is C26H26Cl2N4OS. The summed E-state index contributed by atoms with van der Waals surface area (Å²) in [6.45, 7) is 0.104. The summed E-state index contributed by atoms with van der Waals surface area (Å²) in [4.78, 5) is 2.06. The summed E-state index contributed by atoms with van der Waals surface area (Å²) < 4.78 is 2.08. The van der Waals surface area contributed by atoms with Crippen molar-refractivity contribution in [1.29, 1.82) is 0 Å². The van der Waals surface area contributed by atoms with E-state index in [9.17, 15) is 5.11 Å². The van der Waals surface area contributed by atoms with Crippen LogP contribution in [0.3, 0.4) is 0 Å². The van der Waals surface area contributed by atoms with Crippen molar-refractivity contribution in [1.82, 2.24) is 14.8 Å². The van der Waals surface area contributed by atoms with Crippen LogP contribution in [-0.2, 0) is 6.42 Å². The van der Waals surface area contributed by atoms with E-state index in [-0.39, 0.29) is 11.9 Å². The van der Waals surface area contributed by atoms with Crippen LogP contribution in [0.5, 0.6) is 0 Å². The highest BCUT2D eigenvalue weighted by atomic mass is 35.5. The Balaban J connectivity index is 1.77. The third kappa shape index (κ3) is 5.76. The van der Waals surface area contributed by atoms with Crippen molar-refractivity contribution in [2.75, 3.05) is 25.6 Å². The lowest BCUT2D eigenvalue weighted by molar-refractivity contribution is 0.287. The second-order valence-electron chi connectivity index (χ2n) is 8.07. The van der Waals surface area contributed by atoms with Crippen molar-refractivity contribution in [2.24, 2.45) is 0 Å². The van der Waals surface area contributed by atoms with Crippen LogP contribution in [0.2, 0.25) is 10.0 Å². The van der Waals surface area contributed by atoms with Gasteiger partial charge in [-0.3, -0.25) is 4.57 Å². The van der Waals surface area contributed by atoms with Gasteiger partial charge >= 0.3 is 0 Å². The fourth-order valence-electron chi connectivity index (χ4n) is 3.64. The smallest absolute Gasteiger partial charge is 0.196 e. The minimum absolute atomic E-state index is 0.0378. The van der Waals surface area contributed by atoms with E-state index >= 15 is 0 Å². The lowest BCUT2D eigenvalue weighted by Gasteiger charge is -2.19. The average Bonchev–Trinajstić information content (AvgIpc) is 3.25. The Bertz CT molecular complexity index is 1160. The first-order chi connectivity index (χ1) is 16.5. The Kier molecular flexibility index (Phi) is 8.16. The zero-order chi connectivity index (χ0) is 24.1. The summed E-state index contributed by atoms with van der Waals surface area (Å²) in [6.07, 6.45) is 1.25. The molecule has 0 atom stereocenters. The Hall–Kier alpha value is -2.51. The third-order valence-corrected chi connectivity index (χ3v) is 7.21. The largest absolute Gasteiger partial charge is 0.396 e. The van der Waals surface area contributed by atoms with Gasteiger partial charge in [0.2, 0.25) is 0 Å². The van der Waals surface area contributed by atoms with E-state index in [2.05, 4.69) is 43.9 Å². The van der Waals surface area contributed by atoms with Crippen LogP contribution in [0.25, 0.3) is 5.69 Å². The maximum absolute atomic E-state index is 9.39. The molecule has 1 aromatic heterocycles. The highest BCUT2D eigenvalue weighted by molar-refractivity contribution is 7.99. The molecule has 3 aromatic carbocycles. The van der Waals surface area contributed by atoms with E-state index in [0.29, 0.717) is 22.9 Å². The van der Waals surface area contributed by atoms with Crippen LogP contribution in [0.1, 0.15) is 28.6 Å². The van der Waals surface area contributed by atoms with Crippen LogP contribution >= 0.6 is 35.0 Å². The van der Waals surface area contributed by atoms with E-state index in [1.54, 1.807) is 11.8 Å². The molecule has 176 valence electrons. The van der Waals surface area contributed by atoms with Gasteiger partial charge in [-0.15, -0.1) is 10.2 Å². The number of aliphatic hydroxyl groups is 1. The summed E-state index contributed by atoms with van der Waals surface area (Å²) >= 11 is 13.9. The number of aromatic nitrogens is 3. The number of anilines is 1. The molecule has 5 nitrogen and oxygen atoms in total. The number of hydrogen-bond donors (Lipinski definition) is 1. The zero-order valence-electron chi connectivity index (χ0n) is 19.0. The molecule has 0 unspecified atom stereocenters. The molecule has 4 aromatic rings. The standard InChI is InChI=1S/C26H26Cl2N4OS/c1-31(2)22-13-15-23(16-14-22)32-24(4-3-17-33)29-30-26(32)34-25(18-5-9-20(27)10-6-18)19-7-11-21(28)12-8-19/h5-16,25,33H,3-4,17H2,1-2H3. The Morgan fingerprint density at radius 2 is 1.41 bits per heavy atom. The molecule has 0 aliphatic carbocycles. The highest BCUT2D eigenvalue weighted by Gasteiger charge is 2.22. The second kappa shape index (κ2) is 11.3. The molecule has 0 amide bonds. The predicted molar refractivity (Wildman–Crippen MR) is 142 cm³/mol. The molecule has 0 aliphatic heterocycles. The van der Waals surface area contributed by atoms with Crippen molar-refractivity contribution >= 4 is 40.7 Å². The van der Waals surface area contributed by atoms with E-state index in [1.165, 1.54) is 0 Å². The molecule has 8 heteroatoms.